The van der Waals surface area contributed by atoms with Crippen LogP contribution in [-0.2, 0) is 0 Å². The van der Waals surface area contributed by atoms with Crippen LogP contribution in [0.5, 0.6) is 0 Å². The maximum atomic E-state index is 4.50. The van der Waals surface area contributed by atoms with Gasteiger partial charge in [0.15, 0.2) is 0 Å². The number of hydrogen-bond donors (Lipinski definition) is 2. The Bertz CT molecular complexity index is 402. The van der Waals surface area contributed by atoms with Gasteiger partial charge in [-0.05, 0) is 42.0 Å². The molecule has 0 bridgehead atoms. The Kier molecular flexibility index (Phi) is 5.12. The van der Waals surface area contributed by atoms with Crippen molar-refractivity contribution in [2.24, 2.45) is 0 Å². The zero-order valence-corrected chi connectivity index (χ0v) is 13.1. The van der Waals surface area contributed by atoms with E-state index in [4.69, 9.17) is 0 Å². The van der Waals surface area contributed by atoms with E-state index >= 15 is 0 Å². The van der Waals surface area contributed by atoms with Gasteiger partial charge in [-0.25, -0.2) is 4.98 Å². The van der Waals surface area contributed by atoms with Crippen LogP contribution >= 0.6 is 27.7 Å². The number of thioether (sulfide) groups is 1. The molecule has 2 unspecified atom stereocenters. The lowest BCUT2D eigenvalue weighted by molar-refractivity contribution is 0.761. The summed E-state index contributed by atoms with van der Waals surface area (Å²) in [4.78, 5) is 8.73. The molecule has 1 fully saturated rings. The van der Waals surface area contributed by atoms with Crippen LogP contribution in [0.2, 0.25) is 0 Å². The lowest BCUT2D eigenvalue weighted by atomic mass is 10.2. The molecule has 1 aliphatic rings. The van der Waals surface area contributed by atoms with E-state index in [0.29, 0.717) is 17.2 Å². The Morgan fingerprint density at radius 1 is 1.50 bits per heavy atom. The number of nitrogens with one attached hydrogen (secondary N) is 2. The molecule has 1 heterocycles. The minimum Gasteiger partial charge on any atom is -0.365 e. The molecule has 2 N–H and O–H groups in total. The molecule has 6 heteroatoms. The summed E-state index contributed by atoms with van der Waals surface area (Å²) in [5.41, 5.74) is 0. The average Bonchev–Trinajstić information content (AvgIpc) is 2.81. The SMILES string of the molecule is CCNc1ncc(Br)c(NC2CCCC2SC)n1. The molecule has 0 saturated heterocycles. The van der Waals surface area contributed by atoms with Crippen molar-refractivity contribution in [3.8, 4) is 0 Å². The summed E-state index contributed by atoms with van der Waals surface area (Å²) in [6, 6.07) is 0.515. The van der Waals surface area contributed by atoms with E-state index in [1.54, 1.807) is 6.20 Å². The highest BCUT2D eigenvalue weighted by molar-refractivity contribution is 9.10. The van der Waals surface area contributed by atoms with Gasteiger partial charge in [0.25, 0.3) is 0 Å². The van der Waals surface area contributed by atoms with Crippen LogP contribution < -0.4 is 10.6 Å². The number of halogens is 1. The highest BCUT2D eigenvalue weighted by Crippen LogP contribution is 2.32. The average molecular weight is 331 g/mol. The first-order valence-corrected chi connectivity index (χ1v) is 8.38. The van der Waals surface area contributed by atoms with Crippen LogP contribution in [0.15, 0.2) is 10.7 Å². The second-order valence-electron chi connectivity index (χ2n) is 4.38. The van der Waals surface area contributed by atoms with E-state index < -0.39 is 0 Å². The van der Waals surface area contributed by atoms with E-state index in [0.717, 1.165) is 16.8 Å². The minimum absolute atomic E-state index is 0.515. The Morgan fingerprint density at radius 3 is 3.06 bits per heavy atom. The van der Waals surface area contributed by atoms with E-state index in [1.807, 2.05) is 18.7 Å². The summed E-state index contributed by atoms with van der Waals surface area (Å²) in [5, 5.41) is 7.38. The van der Waals surface area contributed by atoms with Crippen molar-refractivity contribution in [2.45, 2.75) is 37.5 Å². The predicted molar refractivity (Wildman–Crippen MR) is 82.5 cm³/mol. The molecule has 18 heavy (non-hydrogen) atoms. The van der Waals surface area contributed by atoms with Gasteiger partial charge in [-0.2, -0.15) is 16.7 Å². The molecular formula is C12H19BrN4S. The Morgan fingerprint density at radius 2 is 2.33 bits per heavy atom. The van der Waals surface area contributed by atoms with Crippen LogP contribution in [0.25, 0.3) is 0 Å². The molecule has 0 aromatic carbocycles. The van der Waals surface area contributed by atoms with E-state index in [9.17, 15) is 0 Å². The quantitative estimate of drug-likeness (QED) is 0.866. The molecule has 1 saturated carbocycles. The maximum Gasteiger partial charge on any atom is 0.224 e. The summed E-state index contributed by atoms with van der Waals surface area (Å²) >= 11 is 5.45. The number of aromatic nitrogens is 2. The van der Waals surface area contributed by atoms with E-state index in [1.165, 1.54) is 19.3 Å². The highest BCUT2D eigenvalue weighted by atomic mass is 79.9. The van der Waals surface area contributed by atoms with Gasteiger partial charge in [0.2, 0.25) is 5.95 Å². The van der Waals surface area contributed by atoms with Gasteiger partial charge in [0, 0.05) is 24.0 Å². The molecule has 1 aliphatic carbocycles. The molecule has 2 atom stereocenters. The fourth-order valence-electron chi connectivity index (χ4n) is 2.26. The van der Waals surface area contributed by atoms with Gasteiger partial charge in [-0.3, -0.25) is 0 Å². The number of hydrogen-bond acceptors (Lipinski definition) is 5. The van der Waals surface area contributed by atoms with Crippen molar-refractivity contribution in [1.29, 1.82) is 0 Å². The Balaban J connectivity index is 2.09. The van der Waals surface area contributed by atoms with Crippen LogP contribution in [0, 0.1) is 0 Å². The number of anilines is 2. The van der Waals surface area contributed by atoms with Crippen LogP contribution in [0.1, 0.15) is 26.2 Å². The molecule has 4 nitrogen and oxygen atoms in total. The molecule has 100 valence electrons. The standard InChI is InChI=1S/C12H19BrN4S/c1-3-14-12-15-7-8(13)11(17-12)16-9-5-4-6-10(9)18-2/h7,9-10H,3-6H2,1-2H3,(H2,14,15,16,17). The second-order valence-corrected chi connectivity index (χ2v) is 6.31. The third-order valence-electron chi connectivity index (χ3n) is 3.16. The van der Waals surface area contributed by atoms with Crippen molar-refractivity contribution >= 4 is 39.5 Å². The van der Waals surface area contributed by atoms with Crippen molar-refractivity contribution in [2.75, 3.05) is 23.4 Å². The first-order valence-electron chi connectivity index (χ1n) is 6.30. The zero-order valence-electron chi connectivity index (χ0n) is 10.7. The largest absolute Gasteiger partial charge is 0.365 e. The van der Waals surface area contributed by atoms with Crippen LogP contribution in [0.3, 0.4) is 0 Å². The molecule has 1 aromatic heterocycles. The highest BCUT2D eigenvalue weighted by Gasteiger charge is 2.27. The van der Waals surface area contributed by atoms with Gasteiger partial charge >= 0.3 is 0 Å². The summed E-state index contributed by atoms with van der Waals surface area (Å²) in [7, 11) is 0. The Labute approximate surface area is 121 Å². The summed E-state index contributed by atoms with van der Waals surface area (Å²) < 4.78 is 0.927. The smallest absolute Gasteiger partial charge is 0.224 e. The third kappa shape index (κ3) is 3.29. The van der Waals surface area contributed by atoms with Crippen molar-refractivity contribution in [1.82, 2.24) is 9.97 Å². The first-order chi connectivity index (χ1) is 8.74. The number of rotatable bonds is 5. The van der Waals surface area contributed by atoms with Gasteiger partial charge in [0.1, 0.15) is 5.82 Å². The van der Waals surface area contributed by atoms with Crippen LogP contribution in [-0.4, -0.2) is 34.1 Å². The summed E-state index contributed by atoms with van der Waals surface area (Å²) in [6.07, 6.45) is 7.80. The summed E-state index contributed by atoms with van der Waals surface area (Å²) in [6.45, 7) is 2.87. The van der Waals surface area contributed by atoms with Crippen LogP contribution in [0.4, 0.5) is 11.8 Å². The third-order valence-corrected chi connectivity index (χ3v) is 4.91. The first kappa shape index (κ1) is 13.9. The molecule has 0 radical (unpaired) electrons. The van der Waals surface area contributed by atoms with Gasteiger partial charge < -0.3 is 10.6 Å². The van der Waals surface area contributed by atoms with Gasteiger partial charge in [-0.15, -0.1) is 0 Å². The summed E-state index contributed by atoms with van der Waals surface area (Å²) in [5.74, 6) is 1.58. The molecule has 0 amide bonds. The molecule has 2 rings (SSSR count). The second kappa shape index (κ2) is 6.61. The topological polar surface area (TPSA) is 49.8 Å². The van der Waals surface area contributed by atoms with Crippen molar-refractivity contribution < 1.29 is 0 Å². The lowest BCUT2D eigenvalue weighted by Crippen LogP contribution is -2.26. The van der Waals surface area contributed by atoms with Gasteiger partial charge in [-0.1, -0.05) is 6.42 Å². The fourth-order valence-corrected chi connectivity index (χ4v) is 3.50. The van der Waals surface area contributed by atoms with E-state index in [-0.39, 0.29) is 0 Å². The van der Waals surface area contributed by atoms with Crippen molar-refractivity contribution in [3.05, 3.63) is 10.7 Å². The molecule has 0 spiro atoms. The fraction of sp³-hybridized carbons (Fsp3) is 0.667. The molecule has 0 aliphatic heterocycles. The maximum absolute atomic E-state index is 4.50. The lowest BCUT2D eigenvalue weighted by Gasteiger charge is -2.20. The number of nitrogens with zero attached hydrogens (tertiary/aromatic N) is 2. The molecular weight excluding hydrogens is 312 g/mol. The molecule has 1 aromatic rings. The Hall–Kier alpha value is -0.490. The van der Waals surface area contributed by atoms with E-state index in [2.05, 4.69) is 42.8 Å². The monoisotopic (exact) mass is 330 g/mol. The zero-order chi connectivity index (χ0) is 13.0. The normalized spacial score (nSPS) is 23.1. The predicted octanol–water partition coefficient (Wildman–Crippen LogP) is 3.37. The minimum atomic E-state index is 0.515. The van der Waals surface area contributed by atoms with Crippen molar-refractivity contribution in [3.63, 3.8) is 0 Å². The van der Waals surface area contributed by atoms with Gasteiger partial charge in [0.05, 0.1) is 4.47 Å².